The third kappa shape index (κ3) is 2.41. The molecule has 0 aliphatic carbocycles. The standard InChI is InChI=1S/C20H19FN2O5/c1-3-20(19(26)27-2)15-14(16(22-20)13-5-4-10-28-13)17(24)23(18(15)25)12-8-6-11(21)7-9-12/h4-10,14-16,22H,3H2,1-2H3/t14-,15-,16+,20-/m0/s1. The monoisotopic (exact) mass is 386 g/mol. The van der Waals surface area contributed by atoms with Crippen molar-refractivity contribution in [1.82, 2.24) is 5.32 Å². The van der Waals surface area contributed by atoms with Crippen LogP contribution in [0.15, 0.2) is 47.1 Å². The fraction of sp³-hybridized carbons (Fsp3) is 0.350. The van der Waals surface area contributed by atoms with Crippen molar-refractivity contribution in [1.29, 1.82) is 0 Å². The minimum absolute atomic E-state index is 0.244. The third-order valence-electron chi connectivity index (χ3n) is 5.70. The zero-order valence-electron chi connectivity index (χ0n) is 15.3. The van der Waals surface area contributed by atoms with E-state index in [4.69, 9.17) is 9.15 Å². The van der Waals surface area contributed by atoms with Gasteiger partial charge in [-0.3, -0.25) is 19.7 Å². The van der Waals surface area contributed by atoms with E-state index in [9.17, 15) is 18.8 Å². The van der Waals surface area contributed by atoms with E-state index in [0.29, 0.717) is 5.76 Å². The molecular formula is C20H19FN2O5. The number of methoxy groups -OCH3 is 1. The largest absolute Gasteiger partial charge is 0.468 e. The molecule has 0 radical (unpaired) electrons. The molecule has 2 saturated heterocycles. The van der Waals surface area contributed by atoms with Gasteiger partial charge in [-0.05, 0) is 42.8 Å². The third-order valence-corrected chi connectivity index (χ3v) is 5.70. The number of nitrogens with zero attached hydrogens (tertiary/aromatic N) is 1. The molecule has 2 aromatic rings. The Kier molecular flexibility index (Phi) is 4.30. The zero-order valence-corrected chi connectivity index (χ0v) is 15.3. The Morgan fingerprint density at radius 2 is 1.96 bits per heavy atom. The van der Waals surface area contributed by atoms with Crippen molar-refractivity contribution in [3.63, 3.8) is 0 Å². The summed E-state index contributed by atoms with van der Waals surface area (Å²) in [5.74, 6) is -3.42. The second-order valence-electron chi connectivity index (χ2n) is 6.95. The minimum Gasteiger partial charge on any atom is -0.468 e. The summed E-state index contributed by atoms with van der Waals surface area (Å²) in [4.78, 5) is 40.4. The highest BCUT2D eigenvalue weighted by Crippen LogP contribution is 2.51. The summed E-state index contributed by atoms with van der Waals surface area (Å²) in [6.07, 6.45) is 1.71. The number of rotatable bonds is 4. The van der Waals surface area contributed by atoms with Gasteiger partial charge in [-0.1, -0.05) is 6.92 Å². The molecule has 1 N–H and O–H groups in total. The second-order valence-corrected chi connectivity index (χ2v) is 6.95. The molecule has 2 fully saturated rings. The molecule has 4 atom stereocenters. The van der Waals surface area contributed by atoms with Crippen LogP contribution in [0.5, 0.6) is 0 Å². The van der Waals surface area contributed by atoms with Crippen LogP contribution in [-0.2, 0) is 19.1 Å². The van der Waals surface area contributed by atoms with Crippen LogP contribution in [0.2, 0.25) is 0 Å². The fourth-order valence-corrected chi connectivity index (χ4v) is 4.40. The minimum atomic E-state index is -1.36. The summed E-state index contributed by atoms with van der Waals surface area (Å²) in [6.45, 7) is 1.75. The van der Waals surface area contributed by atoms with Gasteiger partial charge in [0.1, 0.15) is 17.1 Å². The molecule has 3 heterocycles. The Morgan fingerprint density at radius 3 is 2.54 bits per heavy atom. The molecule has 2 aliphatic heterocycles. The maximum atomic E-state index is 13.3. The van der Waals surface area contributed by atoms with Crippen molar-refractivity contribution < 1.29 is 27.9 Å². The first-order chi connectivity index (χ1) is 13.4. The maximum Gasteiger partial charge on any atom is 0.326 e. The Balaban J connectivity index is 1.84. The Bertz CT molecular complexity index is 927. The molecule has 1 aromatic carbocycles. The van der Waals surface area contributed by atoms with Gasteiger partial charge in [0.25, 0.3) is 0 Å². The number of imide groups is 1. The summed E-state index contributed by atoms with van der Waals surface area (Å²) in [5, 5.41) is 3.15. The van der Waals surface area contributed by atoms with Gasteiger partial charge in [0, 0.05) is 0 Å². The summed E-state index contributed by atoms with van der Waals surface area (Å²) >= 11 is 0. The van der Waals surface area contributed by atoms with Gasteiger partial charge in [0.05, 0.1) is 36.9 Å². The van der Waals surface area contributed by atoms with Crippen LogP contribution >= 0.6 is 0 Å². The first kappa shape index (κ1) is 18.4. The molecule has 7 nitrogen and oxygen atoms in total. The fourth-order valence-electron chi connectivity index (χ4n) is 4.40. The molecule has 0 spiro atoms. The Hall–Kier alpha value is -3.00. The quantitative estimate of drug-likeness (QED) is 0.640. The van der Waals surface area contributed by atoms with Gasteiger partial charge < -0.3 is 9.15 Å². The number of ether oxygens (including phenoxy) is 1. The molecule has 8 heteroatoms. The molecule has 0 saturated carbocycles. The number of anilines is 1. The van der Waals surface area contributed by atoms with Crippen LogP contribution in [0.3, 0.4) is 0 Å². The number of benzene rings is 1. The number of furan rings is 1. The van der Waals surface area contributed by atoms with Crippen molar-refractivity contribution in [3.05, 3.63) is 54.2 Å². The van der Waals surface area contributed by atoms with Gasteiger partial charge in [0.15, 0.2) is 0 Å². The zero-order chi connectivity index (χ0) is 20.1. The molecule has 28 heavy (non-hydrogen) atoms. The predicted octanol–water partition coefficient (Wildman–Crippen LogP) is 2.19. The van der Waals surface area contributed by atoms with Crippen LogP contribution in [0, 0.1) is 17.7 Å². The first-order valence-electron chi connectivity index (χ1n) is 8.97. The SMILES string of the molecule is CC[C@]1(C(=O)OC)N[C@H](c2ccco2)[C@H]2C(=O)N(c3ccc(F)cc3)C(=O)[C@H]21. The number of fused-ring (bicyclic) bond motifs is 1. The van der Waals surface area contributed by atoms with Gasteiger partial charge in [-0.15, -0.1) is 0 Å². The van der Waals surface area contributed by atoms with E-state index in [1.807, 2.05) is 0 Å². The number of halogens is 1. The molecule has 0 bridgehead atoms. The molecule has 146 valence electrons. The second kappa shape index (κ2) is 6.56. The van der Waals surface area contributed by atoms with Gasteiger partial charge in [-0.25, -0.2) is 9.29 Å². The predicted molar refractivity (Wildman–Crippen MR) is 95.5 cm³/mol. The smallest absolute Gasteiger partial charge is 0.326 e. The van der Waals surface area contributed by atoms with Crippen LogP contribution < -0.4 is 10.2 Å². The van der Waals surface area contributed by atoms with E-state index in [1.165, 1.54) is 37.6 Å². The van der Waals surface area contributed by atoms with E-state index >= 15 is 0 Å². The molecule has 1 aromatic heterocycles. The maximum absolute atomic E-state index is 13.3. The molecular weight excluding hydrogens is 367 g/mol. The Morgan fingerprint density at radius 1 is 1.25 bits per heavy atom. The molecule has 2 amide bonds. The van der Waals surface area contributed by atoms with Crippen LogP contribution in [0.1, 0.15) is 25.1 Å². The normalized spacial score (nSPS) is 29.2. The number of hydrogen-bond donors (Lipinski definition) is 1. The topological polar surface area (TPSA) is 88.8 Å². The van der Waals surface area contributed by atoms with Gasteiger partial charge in [0.2, 0.25) is 11.8 Å². The van der Waals surface area contributed by atoms with Crippen molar-refractivity contribution in [2.75, 3.05) is 12.0 Å². The molecule has 2 aliphatic rings. The highest BCUT2D eigenvalue weighted by atomic mass is 19.1. The van der Waals surface area contributed by atoms with Gasteiger partial charge >= 0.3 is 5.97 Å². The number of amides is 2. The van der Waals surface area contributed by atoms with Crippen LogP contribution in [-0.4, -0.2) is 30.4 Å². The average Bonchev–Trinajstić information content (AvgIpc) is 3.39. The van der Waals surface area contributed by atoms with Gasteiger partial charge in [-0.2, -0.15) is 0 Å². The Labute approximate surface area is 160 Å². The number of nitrogens with one attached hydrogen (secondary N) is 1. The van der Waals surface area contributed by atoms with E-state index in [0.717, 1.165) is 4.90 Å². The van der Waals surface area contributed by atoms with E-state index < -0.39 is 47.0 Å². The first-order valence-corrected chi connectivity index (χ1v) is 8.97. The summed E-state index contributed by atoms with van der Waals surface area (Å²) < 4.78 is 23.8. The van der Waals surface area contributed by atoms with Crippen molar-refractivity contribution in [3.8, 4) is 0 Å². The number of esters is 1. The summed E-state index contributed by atoms with van der Waals surface area (Å²) in [6, 6.07) is 7.80. The lowest BCUT2D eigenvalue weighted by molar-refractivity contribution is -0.152. The molecule has 4 rings (SSSR count). The lowest BCUT2D eigenvalue weighted by Gasteiger charge is -2.31. The van der Waals surface area contributed by atoms with Crippen LogP contribution in [0.4, 0.5) is 10.1 Å². The van der Waals surface area contributed by atoms with Crippen LogP contribution in [0.25, 0.3) is 0 Å². The molecule has 0 unspecified atom stereocenters. The van der Waals surface area contributed by atoms with E-state index in [2.05, 4.69) is 5.32 Å². The number of hydrogen-bond acceptors (Lipinski definition) is 6. The highest BCUT2D eigenvalue weighted by Gasteiger charge is 2.68. The lowest BCUT2D eigenvalue weighted by atomic mass is 9.78. The lowest BCUT2D eigenvalue weighted by Crippen LogP contribution is -2.55. The summed E-state index contributed by atoms with van der Waals surface area (Å²) in [7, 11) is 1.25. The number of carbonyl (C=O) groups is 3. The van der Waals surface area contributed by atoms with Crippen molar-refractivity contribution in [2.45, 2.75) is 24.9 Å². The average molecular weight is 386 g/mol. The van der Waals surface area contributed by atoms with Crippen molar-refractivity contribution >= 4 is 23.5 Å². The summed E-state index contributed by atoms with van der Waals surface area (Å²) in [5.41, 5.74) is -1.10. The highest BCUT2D eigenvalue weighted by molar-refractivity contribution is 6.24. The van der Waals surface area contributed by atoms with Crippen molar-refractivity contribution in [2.24, 2.45) is 11.8 Å². The number of carbonyl (C=O) groups excluding carboxylic acids is 3. The van der Waals surface area contributed by atoms with E-state index in [-0.39, 0.29) is 12.1 Å². The van der Waals surface area contributed by atoms with E-state index in [1.54, 1.807) is 19.1 Å².